The Morgan fingerprint density at radius 2 is 1.91 bits per heavy atom. The number of pyridine rings is 1. The number of aliphatic carboxylic acids is 1. The Morgan fingerprint density at radius 3 is 2.59 bits per heavy atom. The molecule has 12 nitrogen and oxygen atoms in total. The Hall–Kier alpha value is -3.65. The Kier molecular flexibility index (Phi) is 6.70. The van der Waals surface area contributed by atoms with Gasteiger partial charge in [-0.15, -0.1) is 0 Å². The molecule has 1 aliphatic carbocycles. The molecule has 1 fully saturated rings. The topological polar surface area (TPSA) is 184 Å². The highest BCUT2D eigenvalue weighted by Crippen LogP contribution is 2.32. The first-order chi connectivity index (χ1) is 16.3. The molecule has 0 aliphatic heterocycles. The zero-order chi connectivity index (χ0) is 24.3. The quantitative estimate of drug-likeness (QED) is 0.335. The van der Waals surface area contributed by atoms with E-state index in [-0.39, 0.29) is 43.3 Å². The number of amides is 2. The molecule has 0 unspecified atom stereocenters. The molecule has 178 valence electrons. The molecule has 1 saturated carbocycles. The Bertz CT molecular complexity index is 1330. The minimum atomic E-state index is -4.18. The number of imidazole rings is 1. The number of carboxylic acids is 1. The Balaban J connectivity index is 1.56. The summed E-state index contributed by atoms with van der Waals surface area (Å²) in [5.41, 5.74) is 0.0514. The van der Waals surface area contributed by atoms with E-state index >= 15 is 0 Å². The zero-order valence-electron chi connectivity index (χ0n) is 17.6. The minimum Gasteiger partial charge on any atom is -0.481 e. The SMILES string of the molecule is O=C(O)Cc1nc(NC(=O)Nc2ncccc2C(=O)C2CCCC2)sc1S(=O)(=O)c1ncc[nH]1. The highest BCUT2D eigenvalue weighted by molar-refractivity contribution is 7.93. The number of thiazole rings is 1. The van der Waals surface area contributed by atoms with E-state index in [0.717, 1.165) is 25.7 Å². The van der Waals surface area contributed by atoms with Crippen LogP contribution in [0.4, 0.5) is 15.7 Å². The first kappa shape index (κ1) is 23.5. The fourth-order valence-electron chi connectivity index (χ4n) is 3.69. The number of ketones is 1. The lowest BCUT2D eigenvalue weighted by molar-refractivity contribution is -0.136. The number of hydrogen-bond donors (Lipinski definition) is 4. The van der Waals surface area contributed by atoms with Gasteiger partial charge in [-0.3, -0.25) is 20.2 Å². The molecular formula is C20H20N6O6S2. The number of carbonyl (C=O) groups excluding carboxylic acids is 2. The molecule has 3 aromatic heterocycles. The van der Waals surface area contributed by atoms with Crippen LogP contribution in [0.1, 0.15) is 41.7 Å². The third-order valence-electron chi connectivity index (χ3n) is 5.20. The Morgan fingerprint density at radius 1 is 1.15 bits per heavy atom. The summed E-state index contributed by atoms with van der Waals surface area (Å²) in [4.78, 5) is 50.9. The van der Waals surface area contributed by atoms with E-state index in [1.807, 2.05) is 0 Å². The third-order valence-corrected chi connectivity index (χ3v) is 8.38. The van der Waals surface area contributed by atoms with Crippen molar-refractivity contribution in [1.29, 1.82) is 0 Å². The smallest absolute Gasteiger partial charge is 0.326 e. The van der Waals surface area contributed by atoms with E-state index in [9.17, 15) is 22.8 Å². The number of carboxylic acid groups (broad SMARTS) is 1. The number of H-pyrrole nitrogens is 1. The normalized spacial score (nSPS) is 14.1. The molecule has 2 amide bonds. The second-order valence-electron chi connectivity index (χ2n) is 7.55. The predicted octanol–water partition coefficient (Wildman–Crippen LogP) is 2.74. The van der Waals surface area contributed by atoms with Gasteiger partial charge < -0.3 is 10.1 Å². The lowest BCUT2D eigenvalue weighted by Crippen LogP contribution is -2.23. The second-order valence-corrected chi connectivity index (χ2v) is 10.6. The summed E-state index contributed by atoms with van der Waals surface area (Å²) in [6.07, 6.45) is 6.86. The fraction of sp³-hybridized carbons (Fsp3) is 0.300. The third kappa shape index (κ3) is 4.97. The maximum Gasteiger partial charge on any atom is 0.326 e. The van der Waals surface area contributed by atoms with Crippen LogP contribution in [0.5, 0.6) is 0 Å². The molecule has 3 aromatic rings. The summed E-state index contributed by atoms with van der Waals surface area (Å²) in [5.74, 6) is -1.42. The van der Waals surface area contributed by atoms with Gasteiger partial charge in [0.1, 0.15) is 5.82 Å². The predicted molar refractivity (Wildman–Crippen MR) is 121 cm³/mol. The number of Topliss-reactive ketones (excluding diaryl/α,β-unsaturated/α-hetero) is 1. The van der Waals surface area contributed by atoms with E-state index in [1.165, 1.54) is 18.6 Å². The van der Waals surface area contributed by atoms with Crippen LogP contribution in [-0.2, 0) is 21.1 Å². The van der Waals surface area contributed by atoms with Gasteiger partial charge in [-0.05, 0) is 25.0 Å². The number of urea groups is 1. The fourth-order valence-corrected chi connectivity index (χ4v) is 6.34. The first-order valence-electron chi connectivity index (χ1n) is 10.3. The average Bonchev–Trinajstić information content (AvgIpc) is 3.55. The van der Waals surface area contributed by atoms with Gasteiger partial charge in [0, 0.05) is 24.5 Å². The molecule has 0 bridgehead atoms. The monoisotopic (exact) mass is 504 g/mol. The molecular weight excluding hydrogens is 484 g/mol. The van der Waals surface area contributed by atoms with E-state index in [2.05, 4.69) is 30.6 Å². The van der Waals surface area contributed by atoms with Crippen molar-refractivity contribution in [3.63, 3.8) is 0 Å². The number of rotatable bonds is 8. The maximum absolute atomic E-state index is 12.8. The van der Waals surface area contributed by atoms with Crippen LogP contribution in [0.3, 0.4) is 0 Å². The van der Waals surface area contributed by atoms with Gasteiger partial charge in [0.25, 0.3) is 9.84 Å². The summed E-state index contributed by atoms with van der Waals surface area (Å²) in [5, 5.41) is 13.5. The average molecular weight is 505 g/mol. The highest BCUT2D eigenvalue weighted by atomic mass is 32.2. The van der Waals surface area contributed by atoms with Crippen molar-refractivity contribution in [2.24, 2.45) is 5.92 Å². The number of nitrogens with one attached hydrogen (secondary N) is 3. The molecule has 34 heavy (non-hydrogen) atoms. The lowest BCUT2D eigenvalue weighted by Gasteiger charge is -2.12. The van der Waals surface area contributed by atoms with Crippen molar-refractivity contribution in [2.45, 2.75) is 41.5 Å². The Labute approximate surface area is 197 Å². The number of sulfone groups is 1. The molecule has 0 aromatic carbocycles. The number of aromatic nitrogens is 4. The number of hydrogen-bond acceptors (Lipinski definition) is 9. The van der Waals surface area contributed by atoms with Crippen LogP contribution in [0.25, 0.3) is 0 Å². The van der Waals surface area contributed by atoms with Crippen molar-refractivity contribution >= 4 is 49.9 Å². The lowest BCUT2D eigenvalue weighted by atomic mass is 9.97. The summed E-state index contributed by atoms with van der Waals surface area (Å²) in [6.45, 7) is 0. The minimum absolute atomic E-state index is 0.0719. The van der Waals surface area contributed by atoms with E-state index in [4.69, 9.17) is 5.11 Å². The summed E-state index contributed by atoms with van der Waals surface area (Å²) < 4.78 is 25.3. The molecule has 1 aliphatic rings. The van der Waals surface area contributed by atoms with Gasteiger partial charge in [-0.25, -0.2) is 28.2 Å². The highest BCUT2D eigenvalue weighted by Gasteiger charge is 2.30. The van der Waals surface area contributed by atoms with Gasteiger partial charge >= 0.3 is 12.0 Å². The van der Waals surface area contributed by atoms with Crippen LogP contribution in [-0.4, -0.2) is 51.2 Å². The molecule has 0 radical (unpaired) electrons. The van der Waals surface area contributed by atoms with Gasteiger partial charge in [0.15, 0.2) is 15.1 Å². The molecule has 0 atom stereocenters. The molecule has 4 rings (SSSR count). The number of aromatic amines is 1. The van der Waals surface area contributed by atoms with Crippen LogP contribution in [0.2, 0.25) is 0 Å². The number of carbonyl (C=O) groups is 3. The van der Waals surface area contributed by atoms with Crippen LogP contribution in [0.15, 0.2) is 40.1 Å². The van der Waals surface area contributed by atoms with E-state index < -0.39 is 28.3 Å². The summed E-state index contributed by atoms with van der Waals surface area (Å²) in [7, 11) is -4.18. The standard InChI is InChI=1S/C20H20N6O6S2/c27-14(28)10-13-17(34(31,32)20-22-8-9-23-20)33-19(24-13)26-18(30)25-16-12(6-3-7-21-16)15(29)11-4-1-2-5-11/h3,6-9,11H,1-2,4-5,10H2,(H,22,23)(H,27,28)(H2,21,24,25,26,30). The van der Waals surface area contributed by atoms with Crippen LogP contribution < -0.4 is 10.6 Å². The van der Waals surface area contributed by atoms with E-state index in [1.54, 1.807) is 12.1 Å². The van der Waals surface area contributed by atoms with Crippen LogP contribution >= 0.6 is 11.3 Å². The molecule has 0 spiro atoms. The van der Waals surface area contributed by atoms with Crippen molar-refractivity contribution in [3.05, 3.63) is 42.0 Å². The van der Waals surface area contributed by atoms with Crippen LogP contribution in [0, 0.1) is 5.92 Å². The van der Waals surface area contributed by atoms with Gasteiger partial charge in [0.05, 0.1) is 17.7 Å². The van der Waals surface area contributed by atoms with Crippen molar-refractivity contribution in [1.82, 2.24) is 19.9 Å². The molecule has 14 heteroatoms. The summed E-state index contributed by atoms with van der Waals surface area (Å²) >= 11 is 0.595. The van der Waals surface area contributed by atoms with Gasteiger partial charge in [-0.1, -0.05) is 24.2 Å². The largest absolute Gasteiger partial charge is 0.481 e. The second kappa shape index (κ2) is 9.69. The van der Waals surface area contributed by atoms with Crippen molar-refractivity contribution in [3.8, 4) is 0 Å². The van der Waals surface area contributed by atoms with Gasteiger partial charge in [0.2, 0.25) is 5.16 Å². The van der Waals surface area contributed by atoms with E-state index in [0.29, 0.717) is 11.3 Å². The summed E-state index contributed by atoms with van der Waals surface area (Å²) in [6, 6.07) is 2.39. The van der Waals surface area contributed by atoms with Crippen molar-refractivity contribution in [2.75, 3.05) is 10.6 Å². The molecule has 3 heterocycles. The van der Waals surface area contributed by atoms with Gasteiger partial charge in [-0.2, -0.15) is 0 Å². The number of nitrogens with zero attached hydrogens (tertiary/aromatic N) is 3. The molecule has 4 N–H and O–H groups in total. The van der Waals surface area contributed by atoms with Crippen molar-refractivity contribution < 1.29 is 27.9 Å². The zero-order valence-corrected chi connectivity index (χ0v) is 19.3. The number of anilines is 2. The maximum atomic E-state index is 12.8. The first-order valence-corrected chi connectivity index (χ1v) is 12.6. The molecule has 0 saturated heterocycles.